The molecule has 0 saturated carbocycles. The van der Waals surface area contributed by atoms with E-state index in [-0.39, 0.29) is 5.91 Å². The van der Waals surface area contributed by atoms with Crippen LogP contribution < -0.4 is 0 Å². The normalized spacial score (nSPS) is 10.5. The van der Waals surface area contributed by atoms with Crippen molar-refractivity contribution in [3.63, 3.8) is 0 Å². The van der Waals surface area contributed by atoms with E-state index in [1.807, 2.05) is 31.3 Å². The summed E-state index contributed by atoms with van der Waals surface area (Å²) in [4.78, 5) is 14.2. The molecule has 0 atom stereocenters. The van der Waals surface area contributed by atoms with Gasteiger partial charge in [0.15, 0.2) is 0 Å². The number of hydrogen-bond donors (Lipinski definition) is 0. The van der Waals surface area contributed by atoms with Gasteiger partial charge in [-0.2, -0.15) is 0 Å². The zero-order chi connectivity index (χ0) is 15.4. The molecule has 0 aliphatic heterocycles. The number of aryl methyl sites for hydroxylation is 2. The average Bonchev–Trinajstić information content (AvgIpc) is 2.43. The molecule has 0 N–H and O–H groups in total. The van der Waals surface area contributed by atoms with E-state index in [2.05, 4.69) is 48.0 Å². The van der Waals surface area contributed by atoms with Gasteiger partial charge in [0.1, 0.15) is 0 Å². The molecule has 0 unspecified atom stereocenters. The summed E-state index contributed by atoms with van der Waals surface area (Å²) in [6.45, 7) is 4.73. The van der Waals surface area contributed by atoms with Gasteiger partial charge in [-0.05, 0) is 42.7 Å². The fraction of sp³-hybridized carbons (Fsp3) is 0.278. The van der Waals surface area contributed by atoms with E-state index in [0.717, 1.165) is 15.6 Å². The SMILES string of the molecule is Cc1ccc(C)c(CC(=O)N(C)Cc2cccc(Br)c2)c1. The van der Waals surface area contributed by atoms with Gasteiger partial charge in [-0.1, -0.05) is 51.8 Å². The summed E-state index contributed by atoms with van der Waals surface area (Å²) in [6, 6.07) is 14.3. The third kappa shape index (κ3) is 4.43. The van der Waals surface area contributed by atoms with Gasteiger partial charge < -0.3 is 4.90 Å². The van der Waals surface area contributed by atoms with Crippen molar-refractivity contribution < 1.29 is 4.79 Å². The quantitative estimate of drug-likeness (QED) is 0.810. The number of carbonyl (C=O) groups is 1. The molecular formula is C18H20BrNO. The summed E-state index contributed by atoms with van der Waals surface area (Å²) in [7, 11) is 1.86. The number of hydrogen-bond acceptors (Lipinski definition) is 1. The molecule has 2 aromatic carbocycles. The van der Waals surface area contributed by atoms with E-state index in [0.29, 0.717) is 13.0 Å². The first-order valence-electron chi connectivity index (χ1n) is 7.00. The lowest BCUT2D eigenvalue weighted by atomic mass is 10.0. The Hall–Kier alpha value is -1.61. The second-order valence-corrected chi connectivity index (χ2v) is 6.40. The summed E-state index contributed by atoms with van der Waals surface area (Å²) >= 11 is 3.46. The highest BCUT2D eigenvalue weighted by Gasteiger charge is 2.12. The van der Waals surface area contributed by atoms with Crippen molar-refractivity contribution in [1.29, 1.82) is 0 Å². The summed E-state index contributed by atoms with van der Waals surface area (Å²) in [5.41, 5.74) is 4.60. The summed E-state index contributed by atoms with van der Waals surface area (Å²) in [5, 5.41) is 0. The van der Waals surface area contributed by atoms with E-state index in [1.165, 1.54) is 11.1 Å². The molecule has 1 amide bonds. The van der Waals surface area contributed by atoms with Crippen molar-refractivity contribution in [2.45, 2.75) is 26.8 Å². The minimum atomic E-state index is 0.142. The van der Waals surface area contributed by atoms with Gasteiger partial charge in [-0.15, -0.1) is 0 Å². The van der Waals surface area contributed by atoms with Crippen molar-refractivity contribution in [3.8, 4) is 0 Å². The lowest BCUT2D eigenvalue weighted by Crippen LogP contribution is -2.28. The number of nitrogens with zero attached hydrogens (tertiary/aromatic N) is 1. The molecule has 0 spiro atoms. The highest BCUT2D eigenvalue weighted by atomic mass is 79.9. The molecule has 110 valence electrons. The minimum Gasteiger partial charge on any atom is -0.341 e. The predicted molar refractivity (Wildman–Crippen MR) is 90.2 cm³/mol. The standard InChI is InChI=1S/C18H20BrNO/c1-13-7-8-14(2)16(9-13)11-18(21)20(3)12-15-5-4-6-17(19)10-15/h4-10H,11-12H2,1-3H3. The van der Waals surface area contributed by atoms with Crippen molar-refractivity contribution in [3.05, 3.63) is 69.2 Å². The second-order valence-electron chi connectivity index (χ2n) is 5.49. The van der Waals surface area contributed by atoms with Crippen LogP contribution in [0, 0.1) is 13.8 Å². The molecule has 0 aliphatic carbocycles. The zero-order valence-corrected chi connectivity index (χ0v) is 14.3. The van der Waals surface area contributed by atoms with Crippen LogP contribution in [0.2, 0.25) is 0 Å². The third-order valence-corrected chi connectivity index (χ3v) is 4.07. The minimum absolute atomic E-state index is 0.142. The fourth-order valence-corrected chi connectivity index (χ4v) is 2.73. The van der Waals surface area contributed by atoms with E-state index in [1.54, 1.807) is 4.90 Å². The Balaban J connectivity index is 2.04. The maximum absolute atomic E-state index is 12.4. The van der Waals surface area contributed by atoms with Crippen molar-refractivity contribution in [1.82, 2.24) is 4.90 Å². The van der Waals surface area contributed by atoms with Crippen LogP contribution in [0.1, 0.15) is 22.3 Å². The van der Waals surface area contributed by atoms with Crippen LogP contribution in [0.25, 0.3) is 0 Å². The molecular weight excluding hydrogens is 326 g/mol. The summed E-state index contributed by atoms with van der Waals surface area (Å²) in [6.07, 6.45) is 0.456. The highest BCUT2D eigenvalue weighted by molar-refractivity contribution is 9.10. The first kappa shape index (κ1) is 15.8. The molecule has 0 saturated heterocycles. The van der Waals surface area contributed by atoms with Crippen LogP contribution in [0.4, 0.5) is 0 Å². The van der Waals surface area contributed by atoms with Gasteiger partial charge in [-0.3, -0.25) is 4.79 Å². The van der Waals surface area contributed by atoms with Gasteiger partial charge >= 0.3 is 0 Å². The van der Waals surface area contributed by atoms with Crippen molar-refractivity contribution in [2.75, 3.05) is 7.05 Å². The van der Waals surface area contributed by atoms with Gasteiger partial charge in [0, 0.05) is 18.1 Å². The maximum atomic E-state index is 12.4. The molecule has 0 aliphatic rings. The first-order chi connectivity index (χ1) is 9.95. The Morgan fingerprint density at radius 1 is 1.14 bits per heavy atom. The molecule has 0 aromatic heterocycles. The van der Waals surface area contributed by atoms with Crippen LogP contribution in [0.15, 0.2) is 46.9 Å². The molecule has 2 rings (SSSR count). The molecule has 0 fully saturated rings. The largest absolute Gasteiger partial charge is 0.341 e. The Kier molecular flexibility index (Phi) is 5.18. The van der Waals surface area contributed by atoms with E-state index >= 15 is 0 Å². The number of rotatable bonds is 4. The fourth-order valence-electron chi connectivity index (χ4n) is 2.29. The van der Waals surface area contributed by atoms with E-state index in [9.17, 15) is 4.79 Å². The summed E-state index contributed by atoms with van der Waals surface area (Å²) in [5.74, 6) is 0.142. The Bertz CT molecular complexity index is 651. The molecule has 2 nitrogen and oxygen atoms in total. The van der Waals surface area contributed by atoms with Crippen molar-refractivity contribution >= 4 is 21.8 Å². The average molecular weight is 346 g/mol. The number of amides is 1. The number of halogens is 1. The van der Waals surface area contributed by atoms with E-state index < -0.39 is 0 Å². The maximum Gasteiger partial charge on any atom is 0.227 e. The Morgan fingerprint density at radius 3 is 2.62 bits per heavy atom. The van der Waals surface area contributed by atoms with Gasteiger partial charge in [0.2, 0.25) is 5.91 Å². The first-order valence-corrected chi connectivity index (χ1v) is 7.79. The molecule has 0 bridgehead atoms. The van der Waals surface area contributed by atoms with Gasteiger partial charge in [-0.25, -0.2) is 0 Å². The van der Waals surface area contributed by atoms with Crippen LogP contribution >= 0.6 is 15.9 Å². The topological polar surface area (TPSA) is 20.3 Å². The number of benzene rings is 2. The second kappa shape index (κ2) is 6.90. The third-order valence-electron chi connectivity index (χ3n) is 3.58. The summed E-state index contributed by atoms with van der Waals surface area (Å²) < 4.78 is 1.04. The molecule has 2 aromatic rings. The smallest absolute Gasteiger partial charge is 0.227 e. The number of carbonyl (C=O) groups excluding carboxylic acids is 1. The monoisotopic (exact) mass is 345 g/mol. The van der Waals surface area contributed by atoms with Gasteiger partial charge in [0.05, 0.1) is 6.42 Å². The van der Waals surface area contributed by atoms with Crippen LogP contribution in [-0.4, -0.2) is 17.9 Å². The van der Waals surface area contributed by atoms with Crippen LogP contribution in [0.5, 0.6) is 0 Å². The highest BCUT2D eigenvalue weighted by Crippen LogP contribution is 2.15. The molecule has 3 heteroatoms. The Morgan fingerprint density at radius 2 is 1.90 bits per heavy atom. The predicted octanol–water partition coefficient (Wildman–Crippen LogP) is 4.27. The lowest BCUT2D eigenvalue weighted by Gasteiger charge is -2.18. The van der Waals surface area contributed by atoms with Gasteiger partial charge in [0.25, 0.3) is 0 Å². The van der Waals surface area contributed by atoms with E-state index in [4.69, 9.17) is 0 Å². The molecule has 0 heterocycles. The van der Waals surface area contributed by atoms with Crippen LogP contribution in [-0.2, 0) is 17.8 Å². The zero-order valence-electron chi connectivity index (χ0n) is 12.7. The Labute approximate surface area is 134 Å². The molecule has 21 heavy (non-hydrogen) atoms. The molecule has 0 radical (unpaired) electrons. The van der Waals surface area contributed by atoms with Crippen LogP contribution in [0.3, 0.4) is 0 Å². The lowest BCUT2D eigenvalue weighted by molar-refractivity contribution is -0.129. The number of likely N-dealkylation sites (N-methyl/N-ethyl adjacent to an activating group) is 1. The van der Waals surface area contributed by atoms with Crippen molar-refractivity contribution in [2.24, 2.45) is 0 Å².